The Morgan fingerprint density at radius 3 is 2.65 bits per heavy atom. The van der Waals surface area contributed by atoms with Crippen molar-refractivity contribution >= 4 is 21.6 Å². The number of hydrogen-bond acceptors (Lipinski definition) is 5. The number of carbonyl (C=O) groups excluding carboxylic acids is 1. The highest BCUT2D eigenvalue weighted by atomic mass is 32.2. The molecule has 1 N–H and O–H groups in total. The normalized spacial score (nSPS) is 21.8. The third-order valence-corrected chi connectivity index (χ3v) is 8.10. The summed E-state index contributed by atoms with van der Waals surface area (Å²) in [5.74, 6) is -0.137. The van der Waals surface area contributed by atoms with E-state index in [-0.39, 0.29) is 22.9 Å². The molecular weight excluding hydrogens is 416 g/mol. The third-order valence-electron chi connectivity index (χ3n) is 6.21. The number of aryl methyl sites for hydroxylation is 1. The van der Waals surface area contributed by atoms with Crippen LogP contribution in [0, 0.1) is 0 Å². The minimum absolute atomic E-state index is 0.137. The Hall–Kier alpha value is -2.20. The molecule has 2 saturated heterocycles. The second-order valence-electron chi connectivity index (χ2n) is 8.15. The number of likely N-dealkylation sites (tertiary alicyclic amines) is 1. The summed E-state index contributed by atoms with van der Waals surface area (Å²) < 4.78 is 34.6. The predicted octanol–water partition coefficient (Wildman–Crippen LogP) is 2.21. The standard InChI is InChI=1S/C22H30N4O4S/c1-17(26-11-5-9-21(26)20-8-4-10-24(20)2)22(27)23-18-6-3-7-19(16-18)31(28,29)25-12-14-30-15-13-25/h3-4,6-8,10,16-17,21H,5,9,11-15H2,1-2H3,(H,23,27)/t17-,21-/m0/s1. The molecule has 4 rings (SSSR count). The van der Waals surface area contributed by atoms with Gasteiger partial charge in [-0.1, -0.05) is 6.07 Å². The molecule has 8 nitrogen and oxygen atoms in total. The van der Waals surface area contributed by atoms with Crippen LogP contribution in [0.3, 0.4) is 0 Å². The van der Waals surface area contributed by atoms with Crippen LogP contribution in [0.1, 0.15) is 31.5 Å². The van der Waals surface area contributed by atoms with Gasteiger partial charge in [-0.25, -0.2) is 8.42 Å². The summed E-state index contributed by atoms with van der Waals surface area (Å²) in [6.45, 7) is 4.23. The van der Waals surface area contributed by atoms with Crippen molar-refractivity contribution in [1.82, 2.24) is 13.8 Å². The van der Waals surface area contributed by atoms with Crippen LogP contribution >= 0.6 is 0 Å². The predicted molar refractivity (Wildman–Crippen MR) is 118 cm³/mol. The zero-order valence-corrected chi connectivity index (χ0v) is 18.8. The lowest BCUT2D eigenvalue weighted by atomic mass is 10.1. The number of ether oxygens (including phenoxy) is 1. The largest absolute Gasteiger partial charge is 0.379 e. The van der Waals surface area contributed by atoms with Gasteiger partial charge in [0.15, 0.2) is 0 Å². The van der Waals surface area contributed by atoms with Gasteiger partial charge in [0.2, 0.25) is 15.9 Å². The molecule has 9 heteroatoms. The van der Waals surface area contributed by atoms with Gasteiger partial charge in [0.1, 0.15) is 0 Å². The van der Waals surface area contributed by atoms with Crippen molar-refractivity contribution < 1.29 is 17.9 Å². The Bertz CT molecular complexity index is 1030. The molecule has 2 atom stereocenters. The van der Waals surface area contributed by atoms with Crippen molar-refractivity contribution in [3.8, 4) is 0 Å². The third kappa shape index (κ3) is 4.55. The molecule has 0 bridgehead atoms. The minimum atomic E-state index is -3.61. The molecule has 0 saturated carbocycles. The van der Waals surface area contributed by atoms with Crippen LogP contribution in [0.2, 0.25) is 0 Å². The number of amides is 1. The van der Waals surface area contributed by atoms with Gasteiger partial charge >= 0.3 is 0 Å². The Kier molecular flexibility index (Phi) is 6.47. The van der Waals surface area contributed by atoms with Gasteiger partial charge in [0.05, 0.1) is 30.2 Å². The van der Waals surface area contributed by atoms with Gasteiger partial charge in [0.25, 0.3) is 0 Å². The van der Waals surface area contributed by atoms with E-state index in [0.717, 1.165) is 19.4 Å². The molecule has 0 radical (unpaired) electrons. The number of rotatable bonds is 6. The van der Waals surface area contributed by atoms with Crippen LogP contribution in [-0.2, 0) is 26.6 Å². The Morgan fingerprint density at radius 2 is 1.94 bits per heavy atom. The van der Waals surface area contributed by atoms with Crippen LogP contribution in [0.4, 0.5) is 5.69 Å². The number of sulfonamides is 1. The average Bonchev–Trinajstić information content (AvgIpc) is 3.42. The van der Waals surface area contributed by atoms with Crippen LogP contribution < -0.4 is 5.32 Å². The molecule has 1 amide bonds. The van der Waals surface area contributed by atoms with Gasteiger partial charge in [0, 0.05) is 37.7 Å². The van der Waals surface area contributed by atoms with Gasteiger partial charge in [-0.05, 0) is 56.6 Å². The van der Waals surface area contributed by atoms with E-state index in [1.54, 1.807) is 18.2 Å². The lowest BCUT2D eigenvalue weighted by molar-refractivity contribution is -0.121. The maximum Gasteiger partial charge on any atom is 0.243 e. The summed E-state index contributed by atoms with van der Waals surface area (Å²) in [6, 6.07) is 10.5. The zero-order valence-electron chi connectivity index (χ0n) is 18.0. The molecule has 0 aliphatic carbocycles. The smallest absolute Gasteiger partial charge is 0.243 e. The Balaban J connectivity index is 1.47. The van der Waals surface area contributed by atoms with Crippen LogP contribution in [0.5, 0.6) is 0 Å². The maximum absolute atomic E-state index is 13.0. The Morgan fingerprint density at radius 1 is 1.16 bits per heavy atom. The lowest BCUT2D eigenvalue weighted by Gasteiger charge is -2.30. The maximum atomic E-state index is 13.0. The van der Waals surface area contributed by atoms with Gasteiger partial charge in [-0.2, -0.15) is 4.31 Å². The molecule has 2 aliphatic rings. The second-order valence-corrected chi connectivity index (χ2v) is 10.1. The van der Waals surface area contributed by atoms with Crippen molar-refractivity contribution in [2.75, 3.05) is 38.2 Å². The van der Waals surface area contributed by atoms with Crippen molar-refractivity contribution in [2.45, 2.75) is 36.7 Å². The van der Waals surface area contributed by atoms with E-state index in [0.29, 0.717) is 32.0 Å². The van der Waals surface area contributed by atoms with Crippen LogP contribution in [-0.4, -0.2) is 67.0 Å². The molecule has 168 valence electrons. The molecule has 1 aromatic heterocycles. The number of carbonyl (C=O) groups is 1. The summed E-state index contributed by atoms with van der Waals surface area (Å²) in [4.78, 5) is 15.4. The van der Waals surface area contributed by atoms with E-state index in [9.17, 15) is 13.2 Å². The van der Waals surface area contributed by atoms with E-state index in [1.807, 2.05) is 26.2 Å². The molecule has 2 fully saturated rings. The van der Waals surface area contributed by atoms with E-state index in [1.165, 1.54) is 16.1 Å². The van der Waals surface area contributed by atoms with E-state index >= 15 is 0 Å². The molecule has 2 aromatic rings. The number of morpholine rings is 1. The van der Waals surface area contributed by atoms with E-state index in [2.05, 4.69) is 20.9 Å². The number of hydrogen-bond donors (Lipinski definition) is 1. The summed E-state index contributed by atoms with van der Waals surface area (Å²) in [5, 5.41) is 2.92. The monoisotopic (exact) mass is 446 g/mol. The average molecular weight is 447 g/mol. The van der Waals surface area contributed by atoms with Gasteiger partial charge in [-0.15, -0.1) is 0 Å². The van der Waals surface area contributed by atoms with E-state index in [4.69, 9.17) is 4.74 Å². The zero-order chi connectivity index (χ0) is 22.0. The molecule has 3 heterocycles. The van der Waals surface area contributed by atoms with Crippen LogP contribution in [0.15, 0.2) is 47.5 Å². The number of nitrogens with zero attached hydrogens (tertiary/aromatic N) is 3. The van der Waals surface area contributed by atoms with Gasteiger partial charge < -0.3 is 14.6 Å². The summed E-state index contributed by atoms with van der Waals surface area (Å²) in [6.07, 6.45) is 4.08. The Labute approximate surface area is 183 Å². The van der Waals surface area contributed by atoms with Crippen molar-refractivity contribution in [2.24, 2.45) is 7.05 Å². The lowest BCUT2D eigenvalue weighted by Crippen LogP contribution is -2.42. The number of nitrogens with one attached hydrogen (secondary N) is 1. The number of benzene rings is 1. The molecule has 0 unspecified atom stereocenters. The molecule has 1 aromatic carbocycles. The number of anilines is 1. The van der Waals surface area contributed by atoms with Crippen molar-refractivity contribution in [3.63, 3.8) is 0 Å². The first-order valence-electron chi connectivity index (χ1n) is 10.7. The molecule has 0 spiro atoms. The SMILES string of the molecule is C[C@@H](C(=O)Nc1cccc(S(=O)(=O)N2CCOCC2)c1)N1CCC[C@H]1c1cccn1C. The highest BCUT2D eigenvalue weighted by Crippen LogP contribution is 2.34. The summed E-state index contributed by atoms with van der Waals surface area (Å²) in [5.41, 5.74) is 1.69. The number of aromatic nitrogens is 1. The second kappa shape index (κ2) is 9.12. The fourth-order valence-electron chi connectivity index (χ4n) is 4.46. The first-order chi connectivity index (χ1) is 14.9. The van der Waals surface area contributed by atoms with Crippen LogP contribution in [0.25, 0.3) is 0 Å². The molecule has 2 aliphatic heterocycles. The molecule has 31 heavy (non-hydrogen) atoms. The topological polar surface area (TPSA) is 83.9 Å². The van der Waals surface area contributed by atoms with Crippen molar-refractivity contribution in [3.05, 3.63) is 48.3 Å². The van der Waals surface area contributed by atoms with Crippen molar-refractivity contribution in [1.29, 1.82) is 0 Å². The summed E-state index contributed by atoms with van der Waals surface area (Å²) >= 11 is 0. The molecular formula is C22H30N4O4S. The highest BCUT2D eigenvalue weighted by Gasteiger charge is 2.34. The minimum Gasteiger partial charge on any atom is -0.379 e. The van der Waals surface area contributed by atoms with E-state index < -0.39 is 10.0 Å². The first kappa shape index (κ1) is 22.0. The fourth-order valence-corrected chi connectivity index (χ4v) is 5.91. The first-order valence-corrected chi connectivity index (χ1v) is 12.2. The fraction of sp³-hybridized carbons (Fsp3) is 0.500. The quantitative estimate of drug-likeness (QED) is 0.736. The summed E-state index contributed by atoms with van der Waals surface area (Å²) in [7, 11) is -1.59. The highest BCUT2D eigenvalue weighted by molar-refractivity contribution is 7.89. The van der Waals surface area contributed by atoms with Gasteiger partial charge in [-0.3, -0.25) is 9.69 Å².